The molecule has 0 aliphatic heterocycles. The zero-order valence-electron chi connectivity index (χ0n) is 9.62. The van der Waals surface area contributed by atoms with Gasteiger partial charge >= 0.3 is 5.97 Å². The molecule has 1 unspecified atom stereocenters. The zero-order chi connectivity index (χ0) is 11.1. The minimum atomic E-state index is -0.299. The van der Waals surface area contributed by atoms with E-state index in [1.54, 1.807) is 0 Å². The van der Waals surface area contributed by atoms with Crippen LogP contribution in [-0.2, 0) is 9.53 Å². The van der Waals surface area contributed by atoms with Gasteiger partial charge in [0.15, 0.2) is 0 Å². The van der Waals surface area contributed by atoms with E-state index >= 15 is 0 Å². The molecule has 84 valence electrons. The van der Waals surface area contributed by atoms with Gasteiger partial charge in [-0.05, 0) is 12.5 Å². The van der Waals surface area contributed by atoms with E-state index in [1.165, 1.54) is 7.11 Å². The number of ether oxygens (including phenoxy) is 1. The first-order chi connectivity index (χ1) is 6.56. The Balaban J connectivity index is 4.36. The number of methoxy groups -OCH3 is 1. The number of carbonyl (C=O) groups excluding carboxylic acids is 1. The van der Waals surface area contributed by atoms with E-state index in [-0.39, 0.29) is 12.0 Å². The molecular weight excluding hydrogens is 180 g/mol. The highest BCUT2D eigenvalue weighted by Crippen LogP contribution is 2.05. The van der Waals surface area contributed by atoms with Crippen LogP contribution < -0.4 is 5.73 Å². The smallest absolute Gasteiger partial charge is 0.324 e. The number of carbonyl (C=O) groups is 1. The van der Waals surface area contributed by atoms with Gasteiger partial charge in [0.25, 0.3) is 0 Å². The summed E-state index contributed by atoms with van der Waals surface area (Å²) in [5, 5.41) is 0. The lowest BCUT2D eigenvalue weighted by molar-refractivity contribution is -0.146. The second kappa shape index (κ2) is 6.79. The Hall–Kier alpha value is -0.610. The number of rotatable bonds is 6. The van der Waals surface area contributed by atoms with Crippen LogP contribution in [0.1, 0.15) is 20.8 Å². The van der Waals surface area contributed by atoms with Crippen molar-refractivity contribution in [2.45, 2.75) is 26.8 Å². The molecule has 0 aliphatic carbocycles. The molecule has 0 rings (SSSR count). The van der Waals surface area contributed by atoms with E-state index in [1.807, 2.05) is 6.92 Å². The number of esters is 1. The van der Waals surface area contributed by atoms with Crippen LogP contribution in [0.3, 0.4) is 0 Å². The predicted molar refractivity (Wildman–Crippen MR) is 56.9 cm³/mol. The van der Waals surface area contributed by atoms with Crippen molar-refractivity contribution < 1.29 is 9.53 Å². The fraction of sp³-hybridized carbons (Fsp3) is 0.900. The Kier molecular flexibility index (Phi) is 6.49. The number of nitrogens with zero attached hydrogens (tertiary/aromatic N) is 1. The van der Waals surface area contributed by atoms with Crippen LogP contribution in [0.25, 0.3) is 0 Å². The van der Waals surface area contributed by atoms with E-state index in [9.17, 15) is 4.79 Å². The lowest BCUT2D eigenvalue weighted by Crippen LogP contribution is -2.48. The number of hydrogen-bond donors (Lipinski definition) is 1. The monoisotopic (exact) mass is 202 g/mol. The van der Waals surface area contributed by atoms with Crippen molar-refractivity contribution in [3.63, 3.8) is 0 Å². The van der Waals surface area contributed by atoms with Gasteiger partial charge in [-0.1, -0.05) is 20.8 Å². The zero-order valence-corrected chi connectivity index (χ0v) is 9.62. The van der Waals surface area contributed by atoms with Crippen LogP contribution in [0.5, 0.6) is 0 Å². The number of hydrogen-bond acceptors (Lipinski definition) is 4. The number of nitrogens with two attached hydrogens (primary N) is 1. The molecule has 0 saturated carbocycles. The first kappa shape index (κ1) is 13.4. The first-order valence-electron chi connectivity index (χ1n) is 5.08. The van der Waals surface area contributed by atoms with E-state index in [2.05, 4.69) is 18.7 Å². The van der Waals surface area contributed by atoms with Gasteiger partial charge in [-0.2, -0.15) is 0 Å². The minimum Gasteiger partial charge on any atom is -0.468 e. The largest absolute Gasteiger partial charge is 0.468 e. The molecule has 0 saturated heterocycles. The molecule has 0 aromatic carbocycles. The summed E-state index contributed by atoms with van der Waals surface area (Å²) < 4.78 is 4.71. The topological polar surface area (TPSA) is 55.6 Å². The average Bonchev–Trinajstić information content (AvgIpc) is 2.16. The highest BCUT2D eigenvalue weighted by molar-refractivity contribution is 5.75. The van der Waals surface area contributed by atoms with Crippen molar-refractivity contribution in [3.05, 3.63) is 0 Å². The fourth-order valence-corrected chi connectivity index (χ4v) is 1.48. The van der Waals surface area contributed by atoms with E-state index in [4.69, 9.17) is 10.5 Å². The molecule has 0 aliphatic rings. The third-order valence-electron chi connectivity index (χ3n) is 2.14. The molecule has 2 N–H and O–H groups in total. The van der Waals surface area contributed by atoms with Gasteiger partial charge in [0.2, 0.25) is 0 Å². The summed E-state index contributed by atoms with van der Waals surface area (Å²) in [5.41, 5.74) is 5.56. The van der Waals surface area contributed by atoms with Crippen LogP contribution >= 0.6 is 0 Å². The molecule has 0 heterocycles. The van der Waals surface area contributed by atoms with Crippen molar-refractivity contribution in [1.82, 2.24) is 4.90 Å². The maximum Gasteiger partial charge on any atom is 0.324 e. The summed E-state index contributed by atoms with van der Waals surface area (Å²) in [5.74, 6) is 0.281. The van der Waals surface area contributed by atoms with Gasteiger partial charge in [-0.15, -0.1) is 0 Å². The lowest BCUT2D eigenvalue weighted by Gasteiger charge is -2.28. The molecule has 0 aromatic rings. The maximum absolute atomic E-state index is 11.4. The summed E-state index contributed by atoms with van der Waals surface area (Å²) in [6, 6.07) is -0.299. The van der Waals surface area contributed by atoms with Crippen molar-refractivity contribution in [2.75, 3.05) is 26.7 Å². The predicted octanol–water partition coefficient (Wildman–Crippen LogP) is 0.465. The van der Waals surface area contributed by atoms with Gasteiger partial charge in [-0.3, -0.25) is 9.69 Å². The van der Waals surface area contributed by atoms with Crippen LogP contribution in [0.15, 0.2) is 0 Å². The van der Waals surface area contributed by atoms with Crippen LogP contribution in [0.4, 0.5) is 0 Å². The van der Waals surface area contributed by atoms with Crippen LogP contribution in [-0.4, -0.2) is 43.7 Å². The Bertz CT molecular complexity index is 172. The molecule has 1 atom stereocenters. The van der Waals surface area contributed by atoms with Gasteiger partial charge in [0, 0.05) is 13.1 Å². The van der Waals surface area contributed by atoms with Gasteiger partial charge < -0.3 is 10.5 Å². The summed E-state index contributed by atoms with van der Waals surface area (Å²) in [4.78, 5) is 13.4. The second-order valence-corrected chi connectivity index (χ2v) is 3.76. The molecule has 0 amide bonds. The highest BCUT2D eigenvalue weighted by Gasteiger charge is 2.24. The standard InChI is InChI=1S/C10H22N2O2/c1-5-12(7-8(2)3)9(6-11)10(13)14-4/h8-9H,5-7,11H2,1-4H3. The molecule has 0 radical (unpaired) electrons. The lowest BCUT2D eigenvalue weighted by atomic mass is 10.1. The van der Waals surface area contributed by atoms with Gasteiger partial charge in [0.1, 0.15) is 6.04 Å². The Morgan fingerprint density at radius 2 is 2.07 bits per heavy atom. The van der Waals surface area contributed by atoms with Crippen LogP contribution in [0, 0.1) is 5.92 Å². The van der Waals surface area contributed by atoms with E-state index < -0.39 is 0 Å². The maximum atomic E-state index is 11.4. The van der Waals surface area contributed by atoms with E-state index in [0.29, 0.717) is 12.5 Å². The van der Waals surface area contributed by atoms with Gasteiger partial charge in [-0.25, -0.2) is 0 Å². The van der Waals surface area contributed by atoms with Crippen molar-refractivity contribution >= 4 is 5.97 Å². The van der Waals surface area contributed by atoms with Gasteiger partial charge in [0.05, 0.1) is 7.11 Å². The summed E-state index contributed by atoms with van der Waals surface area (Å²) in [7, 11) is 1.40. The fourth-order valence-electron chi connectivity index (χ4n) is 1.48. The molecule has 0 bridgehead atoms. The minimum absolute atomic E-state index is 0.241. The Morgan fingerprint density at radius 1 is 1.50 bits per heavy atom. The van der Waals surface area contributed by atoms with Crippen molar-refractivity contribution in [2.24, 2.45) is 11.7 Å². The molecule has 0 aromatic heterocycles. The molecular formula is C10H22N2O2. The molecule has 14 heavy (non-hydrogen) atoms. The SMILES string of the molecule is CCN(CC(C)C)C(CN)C(=O)OC. The Labute approximate surface area is 86.4 Å². The normalized spacial score (nSPS) is 13.4. The third kappa shape index (κ3) is 4.07. The molecule has 0 fully saturated rings. The second-order valence-electron chi connectivity index (χ2n) is 3.76. The van der Waals surface area contributed by atoms with Crippen molar-refractivity contribution in [3.8, 4) is 0 Å². The first-order valence-corrected chi connectivity index (χ1v) is 5.08. The molecule has 4 nitrogen and oxygen atoms in total. The van der Waals surface area contributed by atoms with Crippen LogP contribution in [0.2, 0.25) is 0 Å². The average molecular weight is 202 g/mol. The number of likely N-dealkylation sites (N-methyl/N-ethyl adjacent to an activating group) is 1. The summed E-state index contributed by atoms with van der Waals surface area (Å²) in [6.45, 7) is 8.25. The Morgan fingerprint density at radius 3 is 2.36 bits per heavy atom. The van der Waals surface area contributed by atoms with E-state index in [0.717, 1.165) is 13.1 Å². The third-order valence-corrected chi connectivity index (χ3v) is 2.14. The van der Waals surface area contributed by atoms with Crippen molar-refractivity contribution in [1.29, 1.82) is 0 Å². The summed E-state index contributed by atoms with van der Waals surface area (Å²) >= 11 is 0. The quantitative estimate of drug-likeness (QED) is 0.636. The highest BCUT2D eigenvalue weighted by atomic mass is 16.5. The molecule has 0 spiro atoms. The summed E-state index contributed by atoms with van der Waals surface area (Å²) in [6.07, 6.45) is 0. The molecule has 4 heteroatoms.